The molecule has 6 heteroatoms. The lowest BCUT2D eigenvalue weighted by atomic mass is 9.85. The molecule has 502 valence electrons. The van der Waals surface area contributed by atoms with Crippen molar-refractivity contribution in [3.63, 3.8) is 0 Å². The first-order chi connectivity index (χ1) is 53.6. The van der Waals surface area contributed by atoms with Crippen LogP contribution in [0.3, 0.4) is 0 Å². The summed E-state index contributed by atoms with van der Waals surface area (Å²) in [5, 5.41) is 29.7. The summed E-state index contributed by atoms with van der Waals surface area (Å²) < 4.78 is 10.0. The maximum Gasteiger partial charge on any atom is 0.146 e. The van der Waals surface area contributed by atoms with Gasteiger partial charge in [0, 0.05) is 74.0 Å². The standard InChI is InChI=1S/C53H30N2S.C49H32N2S/c1-4-16-36-33(13-1)34-14-2-9-21-41(34)52-51(36)43-27-25-32(30-48(43)56-52)50-39-19-7-5-17-37(39)49(38-18-6-8-20-40(38)50)31-26-28-46-44(29-31)35-15-3-10-22-42(35)53-54-45-23-11-12-24-47(45)55(46)53;1-2-45-50-42-21-11-12-22-43(42)51(45)32-26-23-30(24-27-32)46-36-16-6-8-18-38(36)47(39-19-9-7-17-37(39)46)31-25-28-41-44(29-31)52-49-40-20-10-4-14-34(40)33-13-3-5-15-35(33)48(41)49/h1-30H;3-29H,2H2,1H3. The molecular formula is C102H62N4S2. The van der Waals surface area contributed by atoms with Gasteiger partial charge in [-0.05, 0) is 186 Å². The van der Waals surface area contributed by atoms with Crippen molar-refractivity contribution in [3.8, 4) is 50.2 Å². The van der Waals surface area contributed by atoms with E-state index >= 15 is 0 Å². The molecule has 108 heavy (non-hydrogen) atoms. The average Bonchev–Trinajstić information content (AvgIpc) is 1.34. The topological polar surface area (TPSA) is 35.1 Å². The van der Waals surface area contributed by atoms with E-state index in [1.807, 2.05) is 22.7 Å². The molecule has 0 fully saturated rings. The van der Waals surface area contributed by atoms with E-state index in [9.17, 15) is 0 Å². The highest BCUT2D eigenvalue weighted by atomic mass is 32.1. The number of thiophene rings is 2. The summed E-state index contributed by atoms with van der Waals surface area (Å²) >= 11 is 3.85. The Morgan fingerprint density at radius 3 is 1.04 bits per heavy atom. The van der Waals surface area contributed by atoms with Crippen LogP contribution in [0.15, 0.2) is 346 Å². The lowest BCUT2D eigenvalue weighted by Crippen LogP contribution is -2.00. The summed E-state index contributed by atoms with van der Waals surface area (Å²) in [6, 6.07) is 128. The van der Waals surface area contributed by atoms with Gasteiger partial charge < -0.3 is 0 Å². The molecule has 0 N–H and O–H groups in total. The minimum absolute atomic E-state index is 0.869. The van der Waals surface area contributed by atoms with Crippen LogP contribution in [0.1, 0.15) is 12.7 Å². The Bertz CT molecular complexity index is 7870. The molecule has 0 radical (unpaired) electrons. The fourth-order valence-corrected chi connectivity index (χ4v) is 21.1. The Kier molecular flexibility index (Phi) is 13.5. The highest BCUT2D eigenvalue weighted by Gasteiger charge is 2.24. The molecule has 0 saturated carbocycles. The second kappa shape index (κ2) is 23.8. The second-order valence-corrected chi connectivity index (χ2v) is 30.8. The highest BCUT2D eigenvalue weighted by Crippen LogP contribution is 2.52. The third-order valence-corrected chi connectivity index (χ3v) is 25.4. The molecule has 5 aromatic heterocycles. The summed E-state index contributed by atoms with van der Waals surface area (Å²) in [5.74, 6) is 1.08. The van der Waals surface area contributed by atoms with Crippen molar-refractivity contribution in [2.75, 3.05) is 0 Å². The molecule has 0 saturated heterocycles. The van der Waals surface area contributed by atoms with Crippen molar-refractivity contribution in [1.82, 2.24) is 18.9 Å². The van der Waals surface area contributed by atoms with Gasteiger partial charge in [0.2, 0.25) is 0 Å². The van der Waals surface area contributed by atoms with Gasteiger partial charge in [0.15, 0.2) is 0 Å². The molecule has 24 aromatic rings. The van der Waals surface area contributed by atoms with Crippen molar-refractivity contribution in [3.05, 3.63) is 352 Å². The van der Waals surface area contributed by atoms with Gasteiger partial charge in [-0.3, -0.25) is 8.97 Å². The quantitative estimate of drug-likeness (QED) is 0.123. The number of hydrogen-bond acceptors (Lipinski definition) is 4. The predicted octanol–water partition coefficient (Wildman–Crippen LogP) is 29.0. The van der Waals surface area contributed by atoms with E-state index < -0.39 is 0 Å². The first-order valence-corrected chi connectivity index (χ1v) is 38.9. The smallest absolute Gasteiger partial charge is 0.146 e. The predicted molar refractivity (Wildman–Crippen MR) is 466 cm³/mol. The molecule has 0 unspecified atom stereocenters. The monoisotopic (exact) mass is 1410 g/mol. The van der Waals surface area contributed by atoms with Crippen LogP contribution in [0.25, 0.3) is 226 Å². The van der Waals surface area contributed by atoms with Crippen LogP contribution in [-0.2, 0) is 6.42 Å². The fourth-order valence-electron chi connectivity index (χ4n) is 18.5. The van der Waals surface area contributed by atoms with E-state index in [1.165, 1.54) is 187 Å². The number of hydrogen-bond donors (Lipinski definition) is 0. The largest absolute Gasteiger partial charge is 0.296 e. The van der Waals surface area contributed by atoms with Gasteiger partial charge in [0.1, 0.15) is 11.5 Å². The maximum atomic E-state index is 5.12. The van der Waals surface area contributed by atoms with E-state index in [2.05, 4.69) is 362 Å². The number of imidazole rings is 2. The molecule has 0 amide bonds. The number of aryl methyl sites for hydroxylation is 1. The van der Waals surface area contributed by atoms with Crippen LogP contribution < -0.4 is 0 Å². The number of aromatic nitrogens is 4. The molecule has 0 bridgehead atoms. The van der Waals surface area contributed by atoms with Crippen LogP contribution in [-0.4, -0.2) is 18.9 Å². The maximum absolute atomic E-state index is 5.12. The van der Waals surface area contributed by atoms with E-state index in [0.29, 0.717) is 0 Å². The SMILES string of the molecule is CCc1nc2ccccc2n1-c1ccc(-c2c3ccccc3c(-c3ccc4c(c3)sc3c5ccccc5c5ccccc5c43)c3ccccc23)cc1.c1ccc2c(c1)nc1c3ccccc3c3cc(-c4c5ccccc5c(-c5ccc6c(c5)sc5c7ccccc7c7ccccc7c65)c5ccccc45)ccc3n21. The Morgan fingerprint density at radius 2 is 0.583 bits per heavy atom. The Hall–Kier alpha value is -13.4. The van der Waals surface area contributed by atoms with Crippen LogP contribution in [0.5, 0.6) is 0 Å². The van der Waals surface area contributed by atoms with Crippen molar-refractivity contribution in [2.45, 2.75) is 13.3 Å². The Balaban J connectivity index is 0.000000131. The lowest BCUT2D eigenvalue weighted by molar-refractivity contribution is 0.908. The van der Waals surface area contributed by atoms with Crippen molar-refractivity contribution < 1.29 is 0 Å². The van der Waals surface area contributed by atoms with Gasteiger partial charge in [-0.25, -0.2) is 9.97 Å². The number of para-hydroxylation sites is 4. The lowest BCUT2D eigenvalue weighted by Gasteiger charge is -2.18. The van der Waals surface area contributed by atoms with Crippen LogP contribution in [0.2, 0.25) is 0 Å². The molecule has 0 spiro atoms. The zero-order valence-electron chi connectivity index (χ0n) is 58.7. The zero-order chi connectivity index (χ0) is 70.8. The Morgan fingerprint density at radius 1 is 0.250 bits per heavy atom. The number of nitrogens with zero attached hydrogens (tertiary/aromatic N) is 4. The summed E-state index contributed by atoms with van der Waals surface area (Å²) in [4.78, 5) is 10.0. The summed E-state index contributed by atoms with van der Waals surface area (Å²) in [6.07, 6.45) is 0.869. The fraction of sp³-hybridized carbons (Fsp3) is 0.0196. The third-order valence-electron chi connectivity index (χ3n) is 23.0. The molecule has 24 rings (SSSR count). The first-order valence-electron chi connectivity index (χ1n) is 37.2. The highest BCUT2D eigenvalue weighted by molar-refractivity contribution is 7.27. The van der Waals surface area contributed by atoms with Crippen molar-refractivity contribution >= 4 is 199 Å². The molecule has 0 atom stereocenters. The molecular weight excluding hydrogens is 1350 g/mol. The molecule has 0 aliphatic heterocycles. The van der Waals surface area contributed by atoms with E-state index in [0.717, 1.165) is 51.0 Å². The van der Waals surface area contributed by atoms with Gasteiger partial charge in [-0.1, -0.05) is 292 Å². The molecule has 19 aromatic carbocycles. The summed E-state index contributed by atoms with van der Waals surface area (Å²) in [6.45, 7) is 2.17. The molecule has 5 heterocycles. The van der Waals surface area contributed by atoms with E-state index in [4.69, 9.17) is 9.97 Å². The molecule has 0 aliphatic carbocycles. The van der Waals surface area contributed by atoms with Gasteiger partial charge in [0.25, 0.3) is 0 Å². The zero-order valence-corrected chi connectivity index (χ0v) is 60.4. The number of benzene rings is 19. The van der Waals surface area contributed by atoms with E-state index in [-0.39, 0.29) is 0 Å². The molecule has 4 nitrogen and oxygen atoms in total. The van der Waals surface area contributed by atoms with Crippen LogP contribution in [0, 0.1) is 0 Å². The first kappa shape index (κ1) is 61.0. The normalized spacial score (nSPS) is 12.2. The number of pyridine rings is 1. The minimum atomic E-state index is 0.869. The van der Waals surface area contributed by atoms with Crippen LogP contribution >= 0.6 is 22.7 Å². The Labute approximate surface area is 628 Å². The van der Waals surface area contributed by atoms with Crippen molar-refractivity contribution in [1.29, 1.82) is 0 Å². The number of fused-ring (bicyclic) bond motifs is 29. The summed E-state index contributed by atoms with van der Waals surface area (Å²) in [5.41, 5.74) is 17.6. The molecule has 0 aliphatic rings. The van der Waals surface area contributed by atoms with E-state index in [1.54, 1.807) is 0 Å². The second-order valence-electron chi connectivity index (χ2n) is 28.7. The third kappa shape index (κ3) is 8.96. The van der Waals surface area contributed by atoms with Gasteiger partial charge in [-0.15, -0.1) is 22.7 Å². The van der Waals surface area contributed by atoms with Crippen LogP contribution in [0.4, 0.5) is 0 Å². The average molecular weight is 1410 g/mol. The van der Waals surface area contributed by atoms with Gasteiger partial charge in [0.05, 0.1) is 27.6 Å². The van der Waals surface area contributed by atoms with Gasteiger partial charge >= 0.3 is 0 Å². The van der Waals surface area contributed by atoms with Gasteiger partial charge in [-0.2, -0.15) is 0 Å². The minimum Gasteiger partial charge on any atom is -0.296 e. The number of rotatable bonds is 6. The summed E-state index contributed by atoms with van der Waals surface area (Å²) in [7, 11) is 0. The van der Waals surface area contributed by atoms with Crippen molar-refractivity contribution in [2.24, 2.45) is 0 Å².